The van der Waals surface area contributed by atoms with E-state index in [0.29, 0.717) is 28.1 Å². The van der Waals surface area contributed by atoms with Crippen LogP contribution in [0.5, 0.6) is 11.5 Å². The van der Waals surface area contributed by atoms with Crippen molar-refractivity contribution < 1.29 is 18.7 Å². The van der Waals surface area contributed by atoms with Gasteiger partial charge in [-0.2, -0.15) is 0 Å². The fourth-order valence-electron chi connectivity index (χ4n) is 3.38. The average molecular weight is 404 g/mol. The maximum absolute atomic E-state index is 13.2. The third kappa shape index (κ3) is 2.93. The average Bonchev–Trinajstić information content (AvgIpc) is 3.23. The summed E-state index contributed by atoms with van der Waals surface area (Å²) in [5, 5.41) is 0.332. The number of hydrogen-bond donors (Lipinski definition) is 0. The lowest BCUT2D eigenvalue weighted by molar-refractivity contribution is -0.119. The number of amides is 1. The Kier molecular flexibility index (Phi) is 4.69. The molecule has 2 aliphatic rings. The zero-order valence-electron chi connectivity index (χ0n) is 14.7. The molecule has 4 rings (SSSR count). The number of ether oxygens (including phenoxy) is 2. The number of benzene rings is 2. The van der Waals surface area contributed by atoms with Gasteiger partial charge in [-0.15, -0.1) is 11.8 Å². The summed E-state index contributed by atoms with van der Waals surface area (Å²) in [4.78, 5) is 16.4. The number of rotatable bonds is 4. The molecule has 2 aromatic rings. The van der Waals surface area contributed by atoms with Crippen LogP contribution in [0.4, 0.5) is 10.1 Å². The van der Waals surface area contributed by atoms with Gasteiger partial charge in [0.2, 0.25) is 0 Å². The van der Waals surface area contributed by atoms with Crippen molar-refractivity contribution in [1.29, 1.82) is 0 Å². The highest BCUT2D eigenvalue weighted by Gasteiger charge is 2.50. The van der Waals surface area contributed by atoms with Gasteiger partial charge in [0.05, 0.1) is 19.9 Å². The molecule has 27 heavy (non-hydrogen) atoms. The molecule has 0 unspecified atom stereocenters. The molecular formula is C19H17FN2O3S2. The van der Waals surface area contributed by atoms with Gasteiger partial charge in [0.15, 0.2) is 16.6 Å². The molecule has 8 heteroatoms. The van der Waals surface area contributed by atoms with Crippen LogP contribution in [0.3, 0.4) is 0 Å². The van der Waals surface area contributed by atoms with Crippen molar-refractivity contribution in [3.05, 3.63) is 53.8 Å². The summed E-state index contributed by atoms with van der Waals surface area (Å²) in [5.74, 6) is 1.48. The van der Waals surface area contributed by atoms with Gasteiger partial charge < -0.3 is 14.4 Å². The van der Waals surface area contributed by atoms with Crippen molar-refractivity contribution in [2.24, 2.45) is 0 Å². The third-order valence-corrected chi connectivity index (χ3v) is 6.41. The lowest BCUT2D eigenvalue weighted by Gasteiger charge is -2.26. The molecule has 0 aliphatic carbocycles. The quantitative estimate of drug-likeness (QED) is 0.726. The summed E-state index contributed by atoms with van der Waals surface area (Å²) in [6.45, 7) is 0. The zero-order valence-corrected chi connectivity index (χ0v) is 16.3. The molecule has 2 aliphatic heterocycles. The molecule has 0 radical (unpaired) electrons. The number of carbonyl (C=O) groups is 1. The van der Waals surface area contributed by atoms with E-state index in [9.17, 15) is 9.18 Å². The van der Waals surface area contributed by atoms with Crippen molar-refractivity contribution in [1.82, 2.24) is 4.90 Å². The highest BCUT2D eigenvalue weighted by molar-refractivity contribution is 7.99. The van der Waals surface area contributed by atoms with Crippen LogP contribution in [0, 0.1) is 5.82 Å². The lowest BCUT2D eigenvalue weighted by atomic mass is 10.1. The lowest BCUT2D eigenvalue weighted by Crippen LogP contribution is -2.33. The minimum atomic E-state index is -0.351. The Morgan fingerprint density at radius 3 is 2.48 bits per heavy atom. The Balaban J connectivity index is 1.67. The van der Waals surface area contributed by atoms with Gasteiger partial charge in [-0.3, -0.25) is 9.69 Å². The van der Waals surface area contributed by atoms with E-state index in [4.69, 9.17) is 21.7 Å². The number of hydrogen-bond acceptors (Lipinski definition) is 5. The van der Waals surface area contributed by atoms with Gasteiger partial charge in [0, 0.05) is 5.75 Å². The Morgan fingerprint density at radius 2 is 1.81 bits per heavy atom. The van der Waals surface area contributed by atoms with Crippen molar-refractivity contribution in [3.63, 3.8) is 0 Å². The first-order chi connectivity index (χ1) is 13.0. The standard InChI is InChI=1S/C19H17FN2O3S2/c1-24-15-8-3-11(9-16(15)25-2)18-22-14(10-27-18)17(23)21(19(22)26)13-6-4-12(20)5-7-13/h3-9,14,18H,10H2,1-2H3/t14-,18+/m1/s1. The first kappa shape index (κ1) is 18.1. The monoisotopic (exact) mass is 404 g/mol. The molecular weight excluding hydrogens is 387 g/mol. The molecule has 0 saturated carbocycles. The van der Waals surface area contributed by atoms with E-state index in [2.05, 4.69) is 0 Å². The number of carbonyl (C=O) groups excluding carboxylic acids is 1. The summed E-state index contributed by atoms with van der Waals surface area (Å²) in [7, 11) is 3.18. The Hall–Kier alpha value is -2.32. The Bertz CT molecular complexity index is 906. The minimum absolute atomic E-state index is 0.0814. The van der Waals surface area contributed by atoms with E-state index in [1.807, 2.05) is 23.1 Å². The molecule has 2 aromatic carbocycles. The molecule has 2 fully saturated rings. The van der Waals surface area contributed by atoms with Crippen molar-refractivity contribution in [2.45, 2.75) is 11.4 Å². The summed E-state index contributed by atoms with van der Waals surface area (Å²) in [5.41, 5.74) is 1.56. The van der Waals surface area contributed by atoms with Crippen molar-refractivity contribution >= 4 is 40.7 Å². The fourth-order valence-corrected chi connectivity index (χ4v) is 5.29. The molecule has 1 amide bonds. The summed E-state index contributed by atoms with van der Waals surface area (Å²) < 4.78 is 23.9. The topological polar surface area (TPSA) is 42.0 Å². The van der Waals surface area contributed by atoms with Crippen LogP contribution in [0.2, 0.25) is 0 Å². The second kappa shape index (κ2) is 7.01. The maximum atomic E-state index is 13.2. The Labute approximate surface area is 166 Å². The minimum Gasteiger partial charge on any atom is -0.493 e. The van der Waals surface area contributed by atoms with Crippen LogP contribution >= 0.6 is 24.0 Å². The molecule has 140 valence electrons. The van der Waals surface area contributed by atoms with Gasteiger partial charge in [-0.05, 0) is 54.2 Å². The maximum Gasteiger partial charge on any atom is 0.257 e. The second-order valence-electron chi connectivity index (χ2n) is 6.16. The molecule has 0 aromatic heterocycles. The van der Waals surface area contributed by atoms with Crippen molar-refractivity contribution in [3.8, 4) is 11.5 Å². The van der Waals surface area contributed by atoms with E-state index in [0.717, 1.165) is 5.56 Å². The van der Waals surface area contributed by atoms with Gasteiger partial charge in [0.25, 0.3) is 5.91 Å². The molecule has 0 bridgehead atoms. The normalized spacial score (nSPS) is 21.6. The van der Waals surface area contributed by atoms with E-state index in [1.54, 1.807) is 38.1 Å². The number of methoxy groups -OCH3 is 2. The van der Waals surface area contributed by atoms with Gasteiger partial charge in [0.1, 0.15) is 17.2 Å². The third-order valence-electron chi connectivity index (χ3n) is 4.70. The first-order valence-electron chi connectivity index (χ1n) is 8.30. The number of halogens is 1. The molecule has 0 spiro atoms. The molecule has 2 heterocycles. The predicted molar refractivity (Wildman–Crippen MR) is 107 cm³/mol. The summed E-state index contributed by atoms with van der Waals surface area (Å²) >= 11 is 7.29. The van der Waals surface area contributed by atoms with Crippen LogP contribution in [-0.2, 0) is 4.79 Å². The van der Waals surface area contributed by atoms with E-state index >= 15 is 0 Å². The number of thiocarbonyl (C=S) groups is 1. The van der Waals surface area contributed by atoms with E-state index in [1.165, 1.54) is 17.0 Å². The predicted octanol–water partition coefficient (Wildman–Crippen LogP) is 3.59. The molecule has 5 nitrogen and oxygen atoms in total. The highest BCUT2D eigenvalue weighted by atomic mass is 32.2. The highest BCUT2D eigenvalue weighted by Crippen LogP contribution is 2.47. The van der Waals surface area contributed by atoms with Gasteiger partial charge >= 0.3 is 0 Å². The van der Waals surface area contributed by atoms with Gasteiger partial charge in [-0.1, -0.05) is 6.07 Å². The van der Waals surface area contributed by atoms with Crippen LogP contribution in [-0.4, -0.2) is 41.9 Å². The first-order valence-corrected chi connectivity index (χ1v) is 9.76. The second-order valence-corrected chi connectivity index (χ2v) is 7.63. The van der Waals surface area contributed by atoms with E-state index in [-0.39, 0.29) is 23.1 Å². The fraction of sp³-hybridized carbons (Fsp3) is 0.263. The largest absolute Gasteiger partial charge is 0.493 e. The number of anilines is 1. The zero-order chi connectivity index (χ0) is 19.1. The number of nitrogens with zero attached hydrogens (tertiary/aromatic N) is 2. The van der Waals surface area contributed by atoms with Crippen LogP contribution in [0.15, 0.2) is 42.5 Å². The van der Waals surface area contributed by atoms with Gasteiger partial charge in [-0.25, -0.2) is 4.39 Å². The molecule has 2 saturated heterocycles. The smallest absolute Gasteiger partial charge is 0.257 e. The molecule has 0 N–H and O–H groups in total. The van der Waals surface area contributed by atoms with Crippen molar-refractivity contribution in [2.75, 3.05) is 24.9 Å². The Morgan fingerprint density at radius 1 is 1.11 bits per heavy atom. The SMILES string of the molecule is COc1ccc([C@@H]2SC[C@@H]3C(=O)N(c4ccc(F)cc4)C(=S)N32)cc1OC. The van der Waals surface area contributed by atoms with Crippen LogP contribution in [0.25, 0.3) is 0 Å². The number of thioether (sulfide) groups is 1. The number of fused-ring (bicyclic) bond motifs is 1. The summed E-state index contributed by atoms with van der Waals surface area (Å²) in [6.07, 6.45) is 0. The van der Waals surface area contributed by atoms with Crippen LogP contribution in [0.1, 0.15) is 10.9 Å². The van der Waals surface area contributed by atoms with Crippen LogP contribution < -0.4 is 14.4 Å². The molecule has 2 atom stereocenters. The van der Waals surface area contributed by atoms with E-state index < -0.39 is 0 Å². The summed E-state index contributed by atoms with van der Waals surface area (Å²) in [6, 6.07) is 11.2.